The number of carbonyl (C=O) groups excluding carboxylic acids is 1. The largest absolute Gasteiger partial charge is 0.507 e. The maximum atomic E-state index is 12.1. The summed E-state index contributed by atoms with van der Waals surface area (Å²) >= 11 is 3.30. The molecule has 19 heavy (non-hydrogen) atoms. The predicted molar refractivity (Wildman–Crippen MR) is 78.4 cm³/mol. The molecule has 0 heterocycles. The normalized spacial score (nSPS) is 17.1. The lowest BCUT2D eigenvalue weighted by molar-refractivity contribution is 0.0557. The Hall–Kier alpha value is -1.07. The second kappa shape index (κ2) is 5.51. The summed E-state index contributed by atoms with van der Waals surface area (Å²) in [5.74, 6) is -0.222. The summed E-state index contributed by atoms with van der Waals surface area (Å²) in [6.07, 6.45) is 3.41. The molecule has 0 radical (unpaired) electrons. The van der Waals surface area contributed by atoms with Crippen molar-refractivity contribution in [1.82, 2.24) is 10.2 Å². The average Bonchev–Trinajstić information content (AvgIpc) is 2.30. The number of benzene rings is 1. The summed E-state index contributed by atoms with van der Waals surface area (Å²) in [6, 6.07) is 4.86. The maximum Gasteiger partial charge on any atom is 0.255 e. The minimum absolute atomic E-state index is 0.00760. The molecule has 1 aromatic rings. The zero-order valence-electron chi connectivity index (χ0n) is 11.2. The molecule has 5 heteroatoms. The van der Waals surface area contributed by atoms with Crippen LogP contribution < -0.4 is 5.32 Å². The monoisotopic (exact) mass is 326 g/mol. The number of aromatic hydroxyl groups is 1. The van der Waals surface area contributed by atoms with Gasteiger partial charge in [-0.15, -0.1) is 0 Å². The fraction of sp³-hybridized carbons (Fsp3) is 0.500. The first-order valence-corrected chi connectivity index (χ1v) is 7.18. The molecule has 1 aliphatic carbocycles. The quantitative estimate of drug-likeness (QED) is 0.893. The van der Waals surface area contributed by atoms with Gasteiger partial charge in [-0.1, -0.05) is 15.9 Å². The van der Waals surface area contributed by atoms with E-state index in [2.05, 4.69) is 26.1 Å². The van der Waals surface area contributed by atoms with Crippen molar-refractivity contribution in [2.75, 3.05) is 20.6 Å². The van der Waals surface area contributed by atoms with Crippen molar-refractivity contribution in [3.05, 3.63) is 28.2 Å². The molecule has 1 fully saturated rings. The number of likely N-dealkylation sites (N-methyl/N-ethyl adjacent to an activating group) is 1. The Labute approximate surface area is 121 Å². The van der Waals surface area contributed by atoms with Crippen molar-refractivity contribution in [2.45, 2.75) is 24.8 Å². The average molecular weight is 327 g/mol. The summed E-state index contributed by atoms with van der Waals surface area (Å²) in [5.41, 5.74) is 0.389. The molecule has 1 aromatic carbocycles. The van der Waals surface area contributed by atoms with Crippen molar-refractivity contribution < 1.29 is 9.90 Å². The van der Waals surface area contributed by atoms with Gasteiger partial charge in [-0.3, -0.25) is 4.79 Å². The molecular formula is C14H19BrN2O2. The van der Waals surface area contributed by atoms with Gasteiger partial charge >= 0.3 is 0 Å². The molecule has 0 spiro atoms. The zero-order chi connectivity index (χ0) is 14.0. The molecule has 0 atom stereocenters. The van der Waals surface area contributed by atoms with Gasteiger partial charge in [-0.05, 0) is 51.6 Å². The summed E-state index contributed by atoms with van der Waals surface area (Å²) in [6.45, 7) is 0.616. The van der Waals surface area contributed by atoms with Crippen molar-refractivity contribution in [3.63, 3.8) is 0 Å². The Bertz CT molecular complexity index is 484. The van der Waals surface area contributed by atoms with Gasteiger partial charge in [-0.2, -0.15) is 0 Å². The standard InChI is InChI=1S/C14H19BrN2O2/c1-17(2)14(6-3-7-14)9-16-13(19)11-8-10(15)4-5-12(11)18/h4-5,8,18H,3,6-7,9H2,1-2H3,(H,16,19). The molecule has 1 saturated carbocycles. The number of phenols is 1. The lowest BCUT2D eigenvalue weighted by Crippen LogP contribution is -2.57. The van der Waals surface area contributed by atoms with Crippen LogP contribution in [-0.4, -0.2) is 42.1 Å². The minimum Gasteiger partial charge on any atom is -0.507 e. The fourth-order valence-electron chi connectivity index (χ4n) is 2.40. The number of halogens is 1. The number of phenolic OH excluding ortho intramolecular Hbond substituents is 1. The van der Waals surface area contributed by atoms with Crippen LogP contribution in [0.3, 0.4) is 0 Å². The van der Waals surface area contributed by atoms with Crippen molar-refractivity contribution >= 4 is 21.8 Å². The van der Waals surface area contributed by atoms with Crippen LogP contribution in [0.4, 0.5) is 0 Å². The third-order valence-corrected chi connectivity index (χ3v) is 4.51. The first-order chi connectivity index (χ1) is 8.94. The topological polar surface area (TPSA) is 52.6 Å². The predicted octanol–water partition coefficient (Wildman–Crippen LogP) is 2.37. The maximum absolute atomic E-state index is 12.1. The van der Waals surface area contributed by atoms with Crippen LogP contribution in [0.5, 0.6) is 5.75 Å². The summed E-state index contributed by atoms with van der Waals surface area (Å²) in [4.78, 5) is 14.3. The third kappa shape index (κ3) is 2.92. The van der Waals surface area contributed by atoms with E-state index in [4.69, 9.17) is 0 Å². The van der Waals surface area contributed by atoms with E-state index in [-0.39, 0.29) is 17.2 Å². The number of nitrogens with zero attached hydrogens (tertiary/aromatic N) is 1. The molecule has 1 amide bonds. The highest BCUT2D eigenvalue weighted by Gasteiger charge is 2.39. The first-order valence-electron chi connectivity index (χ1n) is 6.39. The lowest BCUT2D eigenvalue weighted by atomic mass is 9.75. The second-order valence-corrected chi connectivity index (χ2v) is 6.23. The van der Waals surface area contributed by atoms with Crippen LogP contribution in [0.15, 0.2) is 22.7 Å². The van der Waals surface area contributed by atoms with Gasteiger partial charge in [0.1, 0.15) is 5.75 Å². The van der Waals surface area contributed by atoms with Crippen molar-refractivity contribution in [2.24, 2.45) is 0 Å². The van der Waals surface area contributed by atoms with Gasteiger partial charge in [0.05, 0.1) is 5.56 Å². The third-order valence-electron chi connectivity index (χ3n) is 4.01. The molecule has 0 saturated heterocycles. The molecule has 0 aliphatic heterocycles. The van der Waals surface area contributed by atoms with Gasteiger partial charge in [0, 0.05) is 16.6 Å². The van der Waals surface area contributed by atoms with Gasteiger partial charge in [0.2, 0.25) is 0 Å². The fourth-order valence-corrected chi connectivity index (χ4v) is 2.76. The number of nitrogens with one attached hydrogen (secondary N) is 1. The van der Waals surface area contributed by atoms with E-state index in [1.165, 1.54) is 12.5 Å². The highest BCUT2D eigenvalue weighted by Crippen LogP contribution is 2.35. The molecule has 104 valence electrons. The number of rotatable bonds is 4. The molecule has 0 bridgehead atoms. The molecular weight excluding hydrogens is 308 g/mol. The molecule has 0 unspecified atom stereocenters. The molecule has 4 nitrogen and oxygen atoms in total. The highest BCUT2D eigenvalue weighted by molar-refractivity contribution is 9.10. The van der Waals surface area contributed by atoms with Gasteiger partial charge in [-0.25, -0.2) is 0 Å². The Kier molecular flexibility index (Phi) is 4.16. The molecule has 0 aromatic heterocycles. The van der Waals surface area contributed by atoms with Crippen LogP contribution in [0.25, 0.3) is 0 Å². The van der Waals surface area contributed by atoms with E-state index in [9.17, 15) is 9.90 Å². The summed E-state index contributed by atoms with van der Waals surface area (Å²) < 4.78 is 0.779. The van der Waals surface area contributed by atoms with E-state index in [1.54, 1.807) is 12.1 Å². The Morgan fingerprint density at radius 3 is 2.68 bits per heavy atom. The van der Waals surface area contributed by atoms with E-state index in [0.29, 0.717) is 12.1 Å². The zero-order valence-corrected chi connectivity index (χ0v) is 12.8. The minimum atomic E-state index is -0.230. The van der Waals surface area contributed by atoms with Gasteiger partial charge in [0.15, 0.2) is 0 Å². The summed E-state index contributed by atoms with van der Waals surface area (Å²) in [7, 11) is 4.09. The van der Waals surface area contributed by atoms with Crippen LogP contribution in [-0.2, 0) is 0 Å². The Morgan fingerprint density at radius 1 is 1.47 bits per heavy atom. The number of hydrogen-bond donors (Lipinski definition) is 2. The van der Waals surface area contributed by atoms with Gasteiger partial charge in [0.25, 0.3) is 5.91 Å². The SMILES string of the molecule is CN(C)C1(CNC(=O)c2cc(Br)ccc2O)CCC1. The number of amides is 1. The Morgan fingerprint density at radius 2 is 2.16 bits per heavy atom. The highest BCUT2D eigenvalue weighted by atomic mass is 79.9. The van der Waals surface area contributed by atoms with Crippen molar-refractivity contribution in [3.8, 4) is 5.75 Å². The molecule has 1 aliphatic rings. The van der Waals surface area contributed by atoms with E-state index in [1.807, 2.05) is 14.1 Å². The number of hydrogen-bond acceptors (Lipinski definition) is 3. The van der Waals surface area contributed by atoms with Crippen LogP contribution in [0, 0.1) is 0 Å². The lowest BCUT2D eigenvalue weighted by Gasteiger charge is -2.47. The number of carbonyl (C=O) groups is 1. The van der Waals surface area contributed by atoms with Crippen LogP contribution >= 0.6 is 15.9 Å². The Balaban J connectivity index is 2.03. The molecule has 2 N–H and O–H groups in total. The van der Waals surface area contributed by atoms with E-state index < -0.39 is 0 Å². The van der Waals surface area contributed by atoms with Crippen LogP contribution in [0.1, 0.15) is 29.6 Å². The van der Waals surface area contributed by atoms with Crippen molar-refractivity contribution in [1.29, 1.82) is 0 Å². The van der Waals surface area contributed by atoms with E-state index >= 15 is 0 Å². The summed E-state index contributed by atoms with van der Waals surface area (Å²) in [5, 5.41) is 12.7. The smallest absolute Gasteiger partial charge is 0.255 e. The van der Waals surface area contributed by atoms with Gasteiger partial charge < -0.3 is 15.3 Å². The first kappa shape index (κ1) is 14.3. The molecule has 2 rings (SSSR count). The second-order valence-electron chi connectivity index (χ2n) is 5.32. The van der Waals surface area contributed by atoms with E-state index in [0.717, 1.165) is 17.3 Å². The van der Waals surface area contributed by atoms with Crippen LogP contribution in [0.2, 0.25) is 0 Å².